The van der Waals surface area contributed by atoms with Gasteiger partial charge in [0.1, 0.15) is 6.04 Å². The molecule has 0 saturated carbocycles. The Bertz CT molecular complexity index is 1030. The molecule has 0 bridgehead atoms. The number of rotatable bonds is 6. The maximum atomic E-state index is 12.6. The molecule has 3 rings (SSSR count). The van der Waals surface area contributed by atoms with Crippen LogP contribution in [0.3, 0.4) is 0 Å². The summed E-state index contributed by atoms with van der Waals surface area (Å²) in [6.07, 6.45) is 0.157. The smallest absolute Gasteiger partial charge is 0.328 e. The third-order valence-electron chi connectivity index (χ3n) is 4.39. The lowest BCUT2D eigenvalue weighted by Gasteiger charge is -2.17. The summed E-state index contributed by atoms with van der Waals surface area (Å²) < 4.78 is 4.79. The van der Waals surface area contributed by atoms with Gasteiger partial charge in [0.2, 0.25) is 0 Å². The van der Waals surface area contributed by atoms with Crippen molar-refractivity contribution in [3.63, 3.8) is 0 Å². The van der Waals surface area contributed by atoms with Crippen molar-refractivity contribution in [2.45, 2.75) is 12.5 Å². The van der Waals surface area contributed by atoms with Gasteiger partial charge in [-0.25, -0.2) is 4.79 Å². The van der Waals surface area contributed by atoms with Crippen molar-refractivity contribution in [1.82, 2.24) is 5.32 Å². The fourth-order valence-electron chi connectivity index (χ4n) is 2.90. The number of nitro benzene ring substituents is 1. The van der Waals surface area contributed by atoms with Gasteiger partial charge in [-0.3, -0.25) is 14.9 Å². The number of ether oxygens (including phenoxy) is 1. The van der Waals surface area contributed by atoms with Gasteiger partial charge in [0.05, 0.1) is 12.0 Å². The van der Waals surface area contributed by atoms with E-state index in [1.54, 1.807) is 24.3 Å². The van der Waals surface area contributed by atoms with Gasteiger partial charge in [0.25, 0.3) is 11.6 Å². The number of nitrogens with one attached hydrogen (secondary N) is 1. The predicted molar refractivity (Wildman–Crippen MR) is 104 cm³/mol. The van der Waals surface area contributed by atoms with Gasteiger partial charge in [0.15, 0.2) is 0 Å². The van der Waals surface area contributed by atoms with Crippen LogP contribution in [0, 0.1) is 10.1 Å². The number of hydrogen-bond acceptors (Lipinski definition) is 5. The summed E-state index contributed by atoms with van der Waals surface area (Å²) in [7, 11) is 1.24. The number of benzene rings is 3. The molecule has 0 aliphatic rings. The molecule has 0 aliphatic heterocycles. The first-order valence-electron chi connectivity index (χ1n) is 8.59. The van der Waals surface area contributed by atoms with E-state index < -0.39 is 22.8 Å². The largest absolute Gasteiger partial charge is 0.467 e. The van der Waals surface area contributed by atoms with Crippen LogP contribution < -0.4 is 5.32 Å². The highest BCUT2D eigenvalue weighted by molar-refractivity contribution is 6.00. The zero-order valence-electron chi connectivity index (χ0n) is 15.1. The molecule has 142 valence electrons. The Morgan fingerprint density at radius 2 is 1.71 bits per heavy atom. The number of nitrogens with zero attached hydrogens (tertiary/aromatic N) is 1. The normalized spacial score (nSPS) is 11.6. The molecule has 1 amide bonds. The number of amides is 1. The summed E-state index contributed by atoms with van der Waals surface area (Å²) in [5, 5.41) is 15.4. The molecule has 7 nitrogen and oxygen atoms in total. The van der Waals surface area contributed by atoms with Crippen LogP contribution in [0.25, 0.3) is 10.8 Å². The summed E-state index contributed by atoms with van der Waals surface area (Å²) >= 11 is 0. The van der Waals surface area contributed by atoms with Crippen LogP contribution in [-0.2, 0) is 16.0 Å². The number of methoxy groups -OCH3 is 1. The van der Waals surface area contributed by atoms with E-state index in [1.807, 2.05) is 30.3 Å². The lowest BCUT2D eigenvalue weighted by atomic mass is 10.0. The topological polar surface area (TPSA) is 98.5 Å². The second-order valence-corrected chi connectivity index (χ2v) is 6.24. The van der Waals surface area contributed by atoms with Gasteiger partial charge < -0.3 is 10.1 Å². The molecule has 3 aromatic rings. The van der Waals surface area contributed by atoms with Crippen molar-refractivity contribution in [2.75, 3.05) is 7.11 Å². The first-order valence-corrected chi connectivity index (χ1v) is 8.59. The summed E-state index contributed by atoms with van der Waals surface area (Å²) in [6, 6.07) is 17.8. The molecule has 0 aliphatic carbocycles. The fourth-order valence-corrected chi connectivity index (χ4v) is 2.90. The molecule has 0 unspecified atom stereocenters. The third-order valence-corrected chi connectivity index (χ3v) is 4.39. The van der Waals surface area contributed by atoms with Crippen molar-refractivity contribution in [1.29, 1.82) is 0 Å². The molecule has 3 aromatic carbocycles. The molecular formula is C21H18N2O5. The molecule has 0 aromatic heterocycles. The van der Waals surface area contributed by atoms with Gasteiger partial charge in [-0.05, 0) is 28.5 Å². The summed E-state index contributed by atoms with van der Waals surface area (Å²) in [5.74, 6) is -0.990. The van der Waals surface area contributed by atoms with Crippen LogP contribution >= 0.6 is 0 Å². The first-order chi connectivity index (χ1) is 13.5. The number of carbonyl (C=O) groups excluding carboxylic acids is 2. The van der Waals surface area contributed by atoms with Gasteiger partial charge >= 0.3 is 5.97 Å². The van der Waals surface area contributed by atoms with Crippen LogP contribution in [0.15, 0.2) is 66.7 Å². The number of hydrogen-bond donors (Lipinski definition) is 1. The van der Waals surface area contributed by atoms with E-state index in [4.69, 9.17) is 4.74 Å². The molecule has 0 spiro atoms. The van der Waals surface area contributed by atoms with Crippen molar-refractivity contribution < 1.29 is 19.2 Å². The summed E-state index contributed by atoms with van der Waals surface area (Å²) in [5.41, 5.74) is 1.05. The minimum atomic E-state index is -0.912. The number of non-ortho nitro benzene ring substituents is 1. The fraction of sp³-hybridized carbons (Fsp3) is 0.143. The van der Waals surface area contributed by atoms with E-state index in [0.717, 1.165) is 10.8 Å². The lowest BCUT2D eigenvalue weighted by molar-refractivity contribution is -0.384. The van der Waals surface area contributed by atoms with E-state index in [9.17, 15) is 19.7 Å². The summed E-state index contributed by atoms with van der Waals surface area (Å²) in [4.78, 5) is 35.0. The number of carbonyl (C=O) groups is 2. The van der Waals surface area contributed by atoms with E-state index in [0.29, 0.717) is 11.1 Å². The second kappa shape index (κ2) is 8.30. The molecule has 1 atom stereocenters. The molecule has 0 saturated heterocycles. The van der Waals surface area contributed by atoms with E-state index >= 15 is 0 Å². The second-order valence-electron chi connectivity index (χ2n) is 6.24. The van der Waals surface area contributed by atoms with Gasteiger partial charge in [0, 0.05) is 24.1 Å². The Labute approximate surface area is 161 Å². The van der Waals surface area contributed by atoms with Crippen LogP contribution in [-0.4, -0.2) is 30.0 Å². The van der Waals surface area contributed by atoms with Crippen molar-refractivity contribution >= 4 is 28.3 Å². The van der Waals surface area contributed by atoms with Crippen LogP contribution in [0.4, 0.5) is 5.69 Å². The SMILES string of the molecule is COC(=O)[C@H](Cc1ccc([N+](=O)[O-])cc1)NC(=O)c1ccc2ccccc2c1. The van der Waals surface area contributed by atoms with Gasteiger partial charge in [-0.1, -0.05) is 42.5 Å². The molecule has 28 heavy (non-hydrogen) atoms. The third kappa shape index (κ3) is 4.32. The number of nitro groups is 1. The molecule has 7 heteroatoms. The predicted octanol–water partition coefficient (Wildman–Crippen LogP) is 3.26. The minimum absolute atomic E-state index is 0.0430. The van der Waals surface area contributed by atoms with Gasteiger partial charge in [-0.2, -0.15) is 0 Å². The zero-order valence-corrected chi connectivity index (χ0v) is 15.1. The molecular weight excluding hydrogens is 360 g/mol. The monoisotopic (exact) mass is 378 g/mol. The average Bonchev–Trinajstić information content (AvgIpc) is 2.72. The minimum Gasteiger partial charge on any atom is -0.467 e. The van der Waals surface area contributed by atoms with E-state index in [-0.39, 0.29) is 12.1 Å². The Hall–Kier alpha value is -3.74. The van der Waals surface area contributed by atoms with Crippen LogP contribution in [0.5, 0.6) is 0 Å². The lowest BCUT2D eigenvalue weighted by Crippen LogP contribution is -2.43. The number of fused-ring (bicyclic) bond motifs is 1. The van der Waals surface area contributed by atoms with E-state index in [2.05, 4.69) is 5.32 Å². The van der Waals surface area contributed by atoms with Crippen LogP contribution in [0.1, 0.15) is 15.9 Å². The zero-order chi connectivity index (χ0) is 20.1. The van der Waals surface area contributed by atoms with Gasteiger partial charge in [-0.15, -0.1) is 0 Å². The highest BCUT2D eigenvalue weighted by Crippen LogP contribution is 2.17. The number of esters is 1. The maximum Gasteiger partial charge on any atom is 0.328 e. The van der Waals surface area contributed by atoms with Crippen molar-refractivity contribution in [2.24, 2.45) is 0 Å². The highest BCUT2D eigenvalue weighted by Gasteiger charge is 2.23. The maximum absolute atomic E-state index is 12.6. The molecule has 1 N–H and O–H groups in total. The van der Waals surface area contributed by atoms with Crippen LogP contribution in [0.2, 0.25) is 0 Å². The summed E-state index contributed by atoms with van der Waals surface area (Å²) in [6.45, 7) is 0. The molecule has 0 fully saturated rings. The average molecular weight is 378 g/mol. The van der Waals surface area contributed by atoms with Crippen molar-refractivity contribution in [3.05, 3.63) is 88.0 Å². The van der Waals surface area contributed by atoms with Crippen molar-refractivity contribution in [3.8, 4) is 0 Å². The standard InChI is InChI=1S/C21H18N2O5/c1-28-21(25)19(12-14-6-10-18(11-7-14)23(26)27)22-20(24)17-9-8-15-4-2-3-5-16(15)13-17/h2-11,13,19H,12H2,1H3,(H,22,24)/t19-/m0/s1. The highest BCUT2D eigenvalue weighted by atomic mass is 16.6. The Morgan fingerprint density at radius 1 is 1.04 bits per heavy atom. The quantitative estimate of drug-likeness (QED) is 0.403. The van der Waals surface area contributed by atoms with E-state index in [1.165, 1.54) is 19.2 Å². The Morgan fingerprint density at radius 3 is 2.36 bits per heavy atom. The first kappa shape index (κ1) is 19.0. The Kier molecular flexibility index (Phi) is 5.64. The molecule has 0 radical (unpaired) electrons. The Balaban J connectivity index is 1.78. The molecule has 0 heterocycles.